The number of ether oxygens (including phenoxy) is 7. The van der Waals surface area contributed by atoms with Gasteiger partial charge in [-0.2, -0.15) is 0 Å². The minimum absolute atomic E-state index is 0.0846. The van der Waals surface area contributed by atoms with E-state index in [0.717, 1.165) is 122 Å². The number of hydrogen-bond acceptors (Lipinski definition) is 17. The number of aliphatic hydroxyl groups excluding tert-OH is 8. The summed E-state index contributed by atoms with van der Waals surface area (Å²) in [7, 11) is 0. The van der Waals surface area contributed by atoms with Crippen LogP contribution in [0.2, 0.25) is 0 Å². The largest absolute Gasteiger partial charge is 0.463 e. The molecule has 0 aromatic carbocycles. The molecule has 0 unspecified atom stereocenters. The van der Waals surface area contributed by atoms with Gasteiger partial charge in [0.05, 0.1) is 44.4 Å². The maximum Gasteiger partial charge on any atom is 0.308 e. The van der Waals surface area contributed by atoms with E-state index in [2.05, 4.69) is 57.2 Å². The van der Waals surface area contributed by atoms with Gasteiger partial charge in [0, 0.05) is 6.61 Å². The average Bonchev–Trinajstić information content (AvgIpc) is 0.896. The molecule has 0 aromatic rings. The third-order valence-corrected chi connectivity index (χ3v) is 17.4. The van der Waals surface area contributed by atoms with Crippen molar-refractivity contribution in [3.8, 4) is 0 Å². The van der Waals surface area contributed by atoms with E-state index in [1.165, 1.54) is 135 Å². The van der Waals surface area contributed by atoms with Crippen molar-refractivity contribution in [1.82, 2.24) is 0 Å². The Hall–Kier alpha value is -2.36. The molecule has 2 aliphatic rings. The van der Waals surface area contributed by atoms with Gasteiger partial charge in [0.25, 0.3) is 0 Å². The second-order valence-corrected chi connectivity index (χ2v) is 26.0. The van der Waals surface area contributed by atoms with Gasteiger partial charge in [0.2, 0.25) is 0 Å². The number of allylic oxidation sites excluding steroid dienone is 6. The Kier molecular flexibility index (Phi) is 54.0. The first-order valence-electron chi connectivity index (χ1n) is 36.7. The second-order valence-electron chi connectivity index (χ2n) is 26.0. The SMILES string of the molecule is CCCCCCCC/C=C/CCCCCCC[C@@H](O)COC(=O)C[C@@H]1O[C@H](OC[C@H]2O[C@@H](O[C@H](COCCCCC/C=C/CCCCCCCCCCC)COC(=O)C[C@H](O)CCCCCCC/C=C/CCCCCCCC)[C@H](O)[C@@H](O)[C@@H]2O)[C@@H](O)[C@H](O)[C@H]1O. The molecule has 2 fully saturated rings. The lowest BCUT2D eigenvalue weighted by Gasteiger charge is -2.43. The van der Waals surface area contributed by atoms with Crippen molar-refractivity contribution >= 4 is 11.9 Å². The summed E-state index contributed by atoms with van der Waals surface area (Å²) >= 11 is 0. The highest BCUT2D eigenvalue weighted by Crippen LogP contribution is 2.29. The van der Waals surface area contributed by atoms with Crippen molar-refractivity contribution < 1.29 is 83.6 Å². The number of hydrogen-bond donors (Lipinski definition) is 8. The number of carbonyl (C=O) groups excluding carboxylic acids is 2. The minimum atomic E-state index is -1.82. The van der Waals surface area contributed by atoms with Gasteiger partial charge in [0.1, 0.15) is 62.0 Å². The molecule has 0 aliphatic carbocycles. The Morgan fingerprint density at radius 1 is 0.389 bits per heavy atom. The number of rotatable bonds is 61. The molecule has 13 atom stereocenters. The van der Waals surface area contributed by atoms with E-state index in [1.807, 2.05) is 0 Å². The summed E-state index contributed by atoms with van der Waals surface area (Å²) in [5.41, 5.74) is 0. The summed E-state index contributed by atoms with van der Waals surface area (Å²) < 4.78 is 40.4. The van der Waals surface area contributed by atoms with Crippen LogP contribution in [0.5, 0.6) is 0 Å². The normalized spacial score (nSPS) is 23.3. The van der Waals surface area contributed by atoms with E-state index >= 15 is 0 Å². The Bertz CT molecular complexity index is 1730. The summed E-state index contributed by atoms with van der Waals surface area (Å²) in [6.07, 6.45) is 41.1. The molecular weight excluding hydrogens is 1150 g/mol. The van der Waals surface area contributed by atoms with Gasteiger partial charge in [-0.15, -0.1) is 0 Å². The minimum Gasteiger partial charge on any atom is -0.463 e. The van der Waals surface area contributed by atoms with Crippen LogP contribution in [0, 0.1) is 0 Å². The van der Waals surface area contributed by atoms with E-state index < -0.39 is 105 Å². The maximum atomic E-state index is 13.1. The summed E-state index contributed by atoms with van der Waals surface area (Å²) in [4.78, 5) is 26.0. The molecule has 2 aliphatic heterocycles. The Balaban J connectivity index is 1.87. The van der Waals surface area contributed by atoms with E-state index in [1.54, 1.807) is 0 Å². The fraction of sp³-hybridized carbons (Fsp3) is 0.890. The summed E-state index contributed by atoms with van der Waals surface area (Å²) in [5.74, 6) is -1.46. The summed E-state index contributed by atoms with van der Waals surface area (Å²) in [6.45, 7) is 5.82. The highest BCUT2D eigenvalue weighted by atomic mass is 16.7. The van der Waals surface area contributed by atoms with Crippen LogP contribution in [0.25, 0.3) is 0 Å². The molecule has 17 nitrogen and oxygen atoms in total. The molecule has 2 saturated heterocycles. The van der Waals surface area contributed by atoms with Crippen molar-refractivity contribution in [3.63, 3.8) is 0 Å². The number of aliphatic hydroxyl groups is 8. The fourth-order valence-electron chi connectivity index (χ4n) is 11.5. The molecule has 8 N–H and O–H groups in total. The first-order chi connectivity index (χ1) is 43.8. The van der Waals surface area contributed by atoms with Crippen LogP contribution in [0.4, 0.5) is 0 Å². The molecule has 528 valence electrons. The van der Waals surface area contributed by atoms with Crippen molar-refractivity contribution in [3.05, 3.63) is 36.5 Å². The first-order valence-corrected chi connectivity index (χ1v) is 36.7. The zero-order valence-corrected chi connectivity index (χ0v) is 56.9. The lowest BCUT2D eigenvalue weighted by molar-refractivity contribution is -0.336. The van der Waals surface area contributed by atoms with Crippen LogP contribution in [-0.4, -0.2) is 166 Å². The smallest absolute Gasteiger partial charge is 0.308 e. The Morgan fingerprint density at radius 3 is 1.21 bits per heavy atom. The fourth-order valence-corrected chi connectivity index (χ4v) is 11.5. The second kappa shape index (κ2) is 58.0. The van der Waals surface area contributed by atoms with Crippen molar-refractivity contribution in [1.29, 1.82) is 0 Å². The van der Waals surface area contributed by atoms with Crippen LogP contribution in [0.15, 0.2) is 36.5 Å². The first kappa shape index (κ1) is 83.7. The van der Waals surface area contributed by atoms with Gasteiger partial charge in [-0.25, -0.2) is 0 Å². The standard InChI is InChI=1S/C73H134O17/c1-4-7-10-13-16-19-22-25-28-31-34-37-40-43-46-49-52-84-56-61(57-86-64(76)53-59(74)50-47-44-41-38-35-32-29-26-23-20-17-14-11-8-5-2)88-73-71(83)69(81)67(79)63(90-73)58-87-72-70(82)68(80)66(78)62(89-72)54-65(77)85-55-60(75)51-48-45-42-39-36-33-30-27-24-21-18-15-12-9-6-3/h26-27,29-30,34,37,59-63,66-75,78-83H,4-25,28,31-33,35-36,38-58H2,1-3H3/b29-26+,30-27+,37-34+/t59-,60-,61-,62+,63-,66+,67-,68-,69+,70+,71-,72+,73-/m1/s1. The predicted octanol–water partition coefficient (Wildman–Crippen LogP) is 13.7. The topological polar surface area (TPSA) is 261 Å². The molecule has 17 heteroatoms. The average molecular weight is 1280 g/mol. The van der Waals surface area contributed by atoms with Crippen molar-refractivity contribution in [2.75, 3.05) is 33.0 Å². The lowest BCUT2D eigenvalue weighted by Crippen LogP contribution is -2.62. The molecule has 0 aromatic heterocycles. The van der Waals surface area contributed by atoms with E-state index in [4.69, 9.17) is 33.2 Å². The number of unbranched alkanes of at least 4 members (excludes halogenated alkanes) is 34. The molecule has 0 spiro atoms. The van der Waals surface area contributed by atoms with Crippen molar-refractivity contribution in [2.45, 2.75) is 383 Å². The van der Waals surface area contributed by atoms with Crippen LogP contribution in [-0.2, 0) is 42.7 Å². The monoisotopic (exact) mass is 1280 g/mol. The Morgan fingerprint density at radius 2 is 0.756 bits per heavy atom. The van der Waals surface area contributed by atoms with Gasteiger partial charge in [-0.05, 0) is 96.3 Å². The van der Waals surface area contributed by atoms with Gasteiger partial charge < -0.3 is 74.0 Å². The van der Waals surface area contributed by atoms with E-state index in [-0.39, 0.29) is 26.2 Å². The van der Waals surface area contributed by atoms with Gasteiger partial charge in [0.15, 0.2) is 12.6 Å². The van der Waals surface area contributed by atoms with Crippen LogP contribution < -0.4 is 0 Å². The summed E-state index contributed by atoms with van der Waals surface area (Å²) in [6, 6.07) is 0. The number of esters is 2. The Labute approximate surface area is 545 Å². The van der Waals surface area contributed by atoms with Gasteiger partial charge in [-0.3, -0.25) is 9.59 Å². The van der Waals surface area contributed by atoms with E-state index in [9.17, 15) is 50.4 Å². The van der Waals surface area contributed by atoms with Crippen LogP contribution in [0.1, 0.15) is 303 Å². The molecule has 0 bridgehead atoms. The molecule has 0 radical (unpaired) electrons. The van der Waals surface area contributed by atoms with E-state index in [0.29, 0.717) is 19.4 Å². The van der Waals surface area contributed by atoms with Gasteiger partial charge >= 0.3 is 11.9 Å². The quantitative estimate of drug-likeness (QED) is 0.0160. The summed E-state index contributed by atoms with van der Waals surface area (Å²) in [5, 5.41) is 86.8. The molecule has 2 rings (SSSR count). The lowest BCUT2D eigenvalue weighted by atomic mass is 9.96. The maximum absolute atomic E-state index is 13.1. The van der Waals surface area contributed by atoms with Crippen LogP contribution in [0.3, 0.4) is 0 Å². The predicted molar refractivity (Wildman–Crippen MR) is 357 cm³/mol. The highest BCUT2D eigenvalue weighted by Gasteiger charge is 2.48. The van der Waals surface area contributed by atoms with Crippen molar-refractivity contribution in [2.24, 2.45) is 0 Å². The third kappa shape index (κ3) is 43.6. The molecule has 90 heavy (non-hydrogen) atoms. The number of carbonyl (C=O) groups is 2. The highest BCUT2D eigenvalue weighted by molar-refractivity contribution is 5.70. The molecule has 0 amide bonds. The van der Waals surface area contributed by atoms with Crippen LogP contribution >= 0.6 is 0 Å². The molecular formula is C73H134O17. The zero-order chi connectivity index (χ0) is 65.5. The molecule has 2 heterocycles. The third-order valence-electron chi connectivity index (χ3n) is 17.4. The zero-order valence-electron chi connectivity index (χ0n) is 56.9. The molecule has 0 saturated carbocycles. The van der Waals surface area contributed by atoms with Gasteiger partial charge in [-0.1, -0.05) is 231 Å².